The summed E-state index contributed by atoms with van der Waals surface area (Å²) in [5.74, 6) is -2.69. The predicted molar refractivity (Wildman–Crippen MR) is 99.8 cm³/mol. The zero-order chi connectivity index (χ0) is 19.3. The fourth-order valence-electron chi connectivity index (χ4n) is 4.41. The number of nitrogens with zero attached hydrogens (tertiary/aromatic N) is 1. The van der Waals surface area contributed by atoms with Crippen LogP contribution in [0.2, 0.25) is 0 Å². The highest BCUT2D eigenvalue weighted by atomic mass is 32.1. The molecule has 0 unspecified atom stereocenters. The van der Waals surface area contributed by atoms with Crippen molar-refractivity contribution in [1.82, 2.24) is 10.2 Å². The number of rotatable bonds is 3. The fraction of sp³-hybridized carbons (Fsp3) is 0.350. The van der Waals surface area contributed by atoms with Crippen LogP contribution in [-0.4, -0.2) is 36.8 Å². The second-order valence-corrected chi connectivity index (χ2v) is 7.94. The molecule has 2 fully saturated rings. The Balaban J connectivity index is 1.96. The van der Waals surface area contributed by atoms with Gasteiger partial charge in [-0.3, -0.25) is 19.8 Å². The van der Waals surface area contributed by atoms with Crippen LogP contribution < -0.4 is 5.32 Å². The highest BCUT2D eigenvalue weighted by Gasteiger charge is 2.69. The van der Waals surface area contributed by atoms with Crippen molar-refractivity contribution >= 4 is 29.1 Å². The number of hydrogen-bond donors (Lipinski definition) is 1. The van der Waals surface area contributed by atoms with Gasteiger partial charge in [-0.2, -0.15) is 0 Å². The summed E-state index contributed by atoms with van der Waals surface area (Å²) in [7, 11) is 2.78. The van der Waals surface area contributed by atoms with Crippen molar-refractivity contribution in [2.24, 2.45) is 11.8 Å². The SMILES string of the molecule is COC(=O)[C@@]1(c2ccccc2)N[C@@H](c2sccc2C)[C@H]2C(=O)N(C)C(=O)[C@H]21. The Bertz CT molecular complexity index is 925. The van der Waals surface area contributed by atoms with Crippen molar-refractivity contribution in [3.8, 4) is 0 Å². The molecule has 6 nitrogen and oxygen atoms in total. The molecule has 2 amide bonds. The van der Waals surface area contributed by atoms with Gasteiger partial charge in [-0.15, -0.1) is 11.3 Å². The highest BCUT2D eigenvalue weighted by Crippen LogP contribution is 2.54. The van der Waals surface area contributed by atoms with Gasteiger partial charge in [-0.25, -0.2) is 4.79 Å². The Morgan fingerprint density at radius 1 is 1.19 bits per heavy atom. The van der Waals surface area contributed by atoms with Crippen LogP contribution in [0.5, 0.6) is 0 Å². The molecule has 2 aliphatic heterocycles. The molecule has 2 saturated heterocycles. The number of hydrogen-bond acceptors (Lipinski definition) is 6. The minimum atomic E-state index is -1.40. The molecule has 0 bridgehead atoms. The van der Waals surface area contributed by atoms with Crippen molar-refractivity contribution in [2.45, 2.75) is 18.5 Å². The number of ether oxygens (including phenoxy) is 1. The van der Waals surface area contributed by atoms with E-state index in [-0.39, 0.29) is 11.8 Å². The van der Waals surface area contributed by atoms with E-state index in [4.69, 9.17) is 4.74 Å². The lowest BCUT2D eigenvalue weighted by molar-refractivity contribution is -0.154. The standard InChI is InChI=1S/C20H20N2O4S/c1-11-9-10-27-16(11)15-13-14(18(24)22(2)17(13)23)20(21-15,19(25)26-3)12-7-5-4-6-8-12/h4-10,13-15,21H,1-3H3/t13-,14-,15+,20-/m0/s1. The number of carbonyl (C=O) groups is 3. The fourth-order valence-corrected chi connectivity index (χ4v) is 5.44. The van der Waals surface area contributed by atoms with Crippen molar-refractivity contribution in [2.75, 3.05) is 14.2 Å². The van der Waals surface area contributed by atoms with E-state index >= 15 is 0 Å². The molecule has 1 aromatic heterocycles. The van der Waals surface area contributed by atoms with Gasteiger partial charge < -0.3 is 4.74 Å². The van der Waals surface area contributed by atoms with Crippen LogP contribution in [0.25, 0.3) is 0 Å². The summed E-state index contributed by atoms with van der Waals surface area (Å²) in [4.78, 5) is 41.2. The van der Waals surface area contributed by atoms with Crippen LogP contribution in [0.1, 0.15) is 22.0 Å². The molecule has 27 heavy (non-hydrogen) atoms. The molecule has 2 aromatic rings. The number of amides is 2. The van der Waals surface area contributed by atoms with E-state index in [0.29, 0.717) is 5.56 Å². The van der Waals surface area contributed by atoms with Crippen molar-refractivity contribution in [1.29, 1.82) is 0 Å². The lowest BCUT2D eigenvalue weighted by Crippen LogP contribution is -2.53. The maximum absolute atomic E-state index is 13.1. The molecule has 0 saturated carbocycles. The molecule has 3 heterocycles. The summed E-state index contributed by atoms with van der Waals surface area (Å²) in [5.41, 5.74) is 0.249. The van der Waals surface area contributed by atoms with Gasteiger partial charge in [0.05, 0.1) is 25.0 Å². The van der Waals surface area contributed by atoms with Gasteiger partial charge >= 0.3 is 5.97 Å². The van der Waals surface area contributed by atoms with E-state index in [0.717, 1.165) is 15.3 Å². The number of thiophene rings is 1. The van der Waals surface area contributed by atoms with Gasteiger partial charge in [0.2, 0.25) is 11.8 Å². The van der Waals surface area contributed by atoms with Crippen LogP contribution in [0.15, 0.2) is 41.8 Å². The monoisotopic (exact) mass is 384 g/mol. The van der Waals surface area contributed by atoms with Crippen LogP contribution in [0.3, 0.4) is 0 Å². The largest absolute Gasteiger partial charge is 0.467 e. The number of benzene rings is 1. The van der Waals surface area contributed by atoms with Crippen LogP contribution >= 0.6 is 11.3 Å². The molecule has 1 aromatic carbocycles. The number of aryl methyl sites for hydroxylation is 1. The number of likely N-dealkylation sites (tertiary alicyclic amines) is 1. The second-order valence-electron chi connectivity index (χ2n) is 6.99. The summed E-state index contributed by atoms with van der Waals surface area (Å²) in [6, 6.07) is 10.6. The number of esters is 1. The number of nitrogens with one attached hydrogen (secondary N) is 1. The molecule has 0 spiro atoms. The van der Waals surface area contributed by atoms with Gasteiger partial charge in [-0.1, -0.05) is 30.3 Å². The lowest BCUT2D eigenvalue weighted by atomic mass is 9.75. The maximum atomic E-state index is 13.1. The maximum Gasteiger partial charge on any atom is 0.331 e. The summed E-state index contributed by atoms with van der Waals surface area (Å²) in [6.45, 7) is 1.97. The molecule has 140 valence electrons. The summed E-state index contributed by atoms with van der Waals surface area (Å²) in [6.07, 6.45) is 0. The Morgan fingerprint density at radius 3 is 2.48 bits per heavy atom. The third kappa shape index (κ3) is 2.31. The summed E-state index contributed by atoms with van der Waals surface area (Å²) >= 11 is 1.52. The normalized spacial score (nSPS) is 29.9. The zero-order valence-corrected chi connectivity index (χ0v) is 16.1. The van der Waals surface area contributed by atoms with E-state index in [2.05, 4.69) is 5.32 Å². The van der Waals surface area contributed by atoms with Crippen LogP contribution in [-0.2, 0) is 24.7 Å². The van der Waals surface area contributed by atoms with E-state index in [1.165, 1.54) is 25.5 Å². The number of imide groups is 1. The van der Waals surface area contributed by atoms with Gasteiger partial charge in [0, 0.05) is 11.9 Å². The van der Waals surface area contributed by atoms with E-state index < -0.39 is 29.4 Å². The quantitative estimate of drug-likeness (QED) is 0.647. The lowest BCUT2D eigenvalue weighted by Gasteiger charge is -2.32. The van der Waals surface area contributed by atoms with Gasteiger partial charge in [0.25, 0.3) is 0 Å². The Hall–Kier alpha value is -2.51. The average Bonchev–Trinajstić information content (AvgIpc) is 3.33. The minimum absolute atomic E-state index is 0.267. The van der Waals surface area contributed by atoms with E-state index in [1.807, 2.05) is 36.6 Å². The highest BCUT2D eigenvalue weighted by molar-refractivity contribution is 7.10. The topological polar surface area (TPSA) is 75.7 Å². The number of fused-ring (bicyclic) bond motifs is 1. The first-order chi connectivity index (χ1) is 12.9. The molecule has 2 aliphatic rings. The Labute approximate surface area is 161 Å². The van der Waals surface area contributed by atoms with Gasteiger partial charge in [-0.05, 0) is 29.5 Å². The molecule has 1 N–H and O–H groups in total. The van der Waals surface area contributed by atoms with Gasteiger partial charge in [0.15, 0.2) is 5.54 Å². The average molecular weight is 384 g/mol. The molecule has 0 radical (unpaired) electrons. The first kappa shape index (κ1) is 17.9. The first-order valence-electron chi connectivity index (χ1n) is 8.70. The second kappa shape index (κ2) is 6.28. The molecule has 4 rings (SSSR count). The molecular weight excluding hydrogens is 364 g/mol. The minimum Gasteiger partial charge on any atom is -0.467 e. The Kier molecular flexibility index (Phi) is 4.16. The molecule has 4 atom stereocenters. The smallest absolute Gasteiger partial charge is 0.331 e. The van der Waals surface area contributed by atoms with Crippen LogP contribution in [0.4, 0.5) is 0 Å². The van der Waals surface area contributed by atoms with Crippen molar-refractivity contribution < 1.29 is 19.1 Å². The number of methoxy groups -OCH3 is 1. The third-order valence-corrected chi connectivity index (χ3v) is 6.80. The van der Waals surface area contributed by atoms with Crippen molar-refractivity contribution in [3.63, 3.8) is 0 Å². The third-order valence-electron chi connectivity index (χ3n) is 5.70. The number of carbonyl (C=O) groups excluding carboxylic acids is 3. The molecule has 0 aliphatic carbocycles. The molecular formula is C20H20N2O4S. The summed E-state index contributed by atoms with van der Waals surface area (Å²) in [5, 5.41) is 5.32. The van der Waals surface area contributed by atoms with Crippen LogP contribution in [0, 0.1) is 18.8 Å². The predicted octanol–water partition coefficient (Wildman–Crippen LogP) is 2.00. The first-order valence-corrected chi connectivity index (χ1v) is 9.58. The summed E-state index contributed by atoms with van der Waals surface area (Å²) < 4.78 is 5.13. The van der Waals surface area contributed by atoms with E-state index in [1.54, 1.807) is 12.1 Å². The van der Waals surface area contributed by atoms with E-state index in [9.17, 15) is 14.4 Å². The Morgan fingerprint density at radius 2 is 1.89 bits per heavy atom. The van der Waals surface area contributed by atoms with Crippen molar-refractivity contribution in [3.05, 3.63) is 57.8 Å². The molecule has 7 heteroatoms. The zero-order valence-electron chi connectivity index (χ0n) is 15.3. The van der Waals surface area contributed by atoms with Gasteiger partial charge in [0.1, 0.15) is 0 Å².